The molecule has 4 heteroatoms. The van der Waals surface area contributed by atoms with E-state index in [2.05, 4.69) is 10.6 Å². The second-order valence-electron chi connectivity index (χ2n) is 5.13. The molecular weight excluding hydrogens is 286 g/mol. The Labute approximate surface area is 135 Å². The molecule has 0 saturated heterocycles. The summed E-state index contributed by atoms with van der Waals surface area (Å²) in [6, 6.07) is 23.3. The van der Waals surface area contributed by atoms with Crippen LogP contribution in [-0.2, 0) is 11.3 Å². The average Bonchev–Trinajstić information content (AvgIpc) is 2.58. The summed E-state index contributed by atoms with van der Waals surface area (Å²) in [5.74, 6) is -0.0662. The van der Waals surface area contributed by atoms with Crippen LogP contribution in [0.4, 0.5) is 17.1 Å². The molecule has 0 aliphatic carbocycles. The molecule has 3 aromatic rings. The molecule has 0 bridgehead atoms. The largest absolute Gasteiger partial charge is 0.354 e. The van der Waals surface area contributed by atoms with Gasteiger partial charge in [-0.1, -0.05) is 36.4 Å². The van der Waals surface area contributed by atoms with Crippen molar-refractivity contribution in [2.75, 3.05) is 10.6 Å². The summed E-state index contributed by atoms with van der Waals surface area (Å²) < 4.78 is 1.84. The van der Waals surface area contributed by atoms with Gasteiger partial charge in [-0.2, -0.15) is 4.57 Å². The minimum atomic E-state index is -0.0662. The van der Waals surface area contributed by atoms with Gasteiger partial charge < -0.3 is 10.6 Å². The third-order valence-corrected chi connectivity index (χ3v) is 3.36. The van der Waals surface area contributed by atoms with Gasteiger partial charge in [-0.15, -0.1) is 0 Å². The molecule has 1 heterocycles. The van der Waals surface area contributed by atoms with Crippen LogP contribution in [0.25, 0.3) is 0 Å². The smallest absolute Gasteiger partial charge is 0.290 e. The van der Waals surface area contributed by atoms with Crippen LogP contribution >= 0.6 is 0 Å². The molecule has 0 saturated carbocycles. The molecule has 0 unspecified atom stereocenters. The Balaban J connectivity index is 1.71. The number of nitrogens with zero attached hydrogens (tertiary/aromatic N) is 1. The van der Waals surface area contributed by atoms with Gasteiger partial charge >= 0.3 is 0 Å². The van der Waals surface area contributed by atoms with E-state index in [1.807, 2.05) is 89.8 Å². The number of pyridine rings is 1. The number of nitrogens with one attached hydrogen (secondary N) is 2. The van der Waals surface area contributed by atoms with Crippen LogP contribution in [0.1, 0.15) is 0 Å². The zero-order valence-electron chi connectivity index (χ0n) is 12.6. The zero-order valence-corrected chi connectivity index (χ0v) is 12.6. The van der Waals surface area contributed by atoms with Crippen molar-refractivity contribution in [3.05, 3.63) is 85.2 Å². The van der Waals surface area contributed by atoms with Gasteiger partial charge in [0.2, 0.25) is 6.54 Å². The molecule has 0 fully saturated rings. The molecule has 0 spiro atoms. The summed E-state index contributed by atoms with van der Waals surface area (Å²) in [4.78, 5) is 12.2. The van der Waals surface area contributed by atoms with E-state index >= 15 is 0 Å². The molecule has 3 rings (SSSR count). The Morgan fingerprint density at radius 3 is 2.13 bits per heavy atom. The van der Waals surface area contributed by atoms with E-state index in [1.54, 1.807) is 0 Å². The molecule has 0 aliphatic heterocycles. The van der Waals surface area contributed by atoms with Crippen molar-refractivity contribution in [3.8, 4) is 0 Å². The van der Waals surface area contributed by atoms with E-state index in [1.165, 1.54) is 0 Å². The fourth-order valence-corrected chi connectivity index (χ4v) is 2.27. The molecule has 2 N–H and O–H groups in total. The first-order chi connectivity index (χ1) is 11.3. The summed E-state index contributed by atoms with van der Waals surface area (Å²) in [6.45, 7) is 0.278. The highest BCUT2D eigenvalue weighted by Crippen LogP contribution is 2.24. The van der Waals surface area contributed by atoms with Gasteiger partial charge in [-0.3, -0.25) is 4.79 Å². The fourth-order valence-electron chi connectivity index (χ4n) is 2.27. The van der Waals surface area contributed by atoms with Gasteiger partial charge in [0.15, 0.2) is 12.4 Å². The van der Waals surface area contributed by atoms with Crippen molar-refractivity contribution in [2.45, 2.75) is 6.54 Å². The second kappa shape index (κ2) is 7.22. The van der Waals surface area contributed by atoms with Crippen LogP contribution < -0.4 is 15.2 Å². The third-order valence-electron chi connectivity index (χ3n) is 3.36. The van der Waals surface area contributed by atoms with E-state index in [4.69, 9.17) is 0 Å². The SMILES string of the molecule is O=C(C[n+]1ccccc1)Nc1ccccc1Nc1ccccc1. The van der Waals surface area contributed by atoms with Crippen LogP contribution in [0.2, 0.25) is 0 Å². The Morgan fingerprint density at radius 2 is 1.39 bits per heavy atom. The third kappa shape index (κ3) is 4.17. The Kier molecular flexibility index (Phi) is 4.64. The van der Waals surface area contributed by atoms with Crippen molar-refractivity contribution in [2.24, 2.45) is 0 Å². The minimum absolute atomic E-state index is 0.0662. The minimum Gasteiger partial charge on any atom is -0.354 e. The first-order valence-corrected chi connectivity index (χ1v) is 7.46. The van der Waals surface area contributed by atoms with E-state index in [0.29, 0.717) is 0 Å². The summed E-state index contributed by atoms with van der Waals surface area (Å²) in [5.41, 5.74) is 2.61. The van der Waals surface area contributed by atoms with Crippen molar-refractivity contribution in [3.63, 3.8) is 0 Å². The second-order valence-corrected chi connectivity index (χ2v) is 5.13. The molecule has 2 aromatic carbocycles. The van der Waals surface area contributed by atoms with Crippen LogP contribution in [-0.4, -0.2) is 5.91 Å². The van der Waals surface area contributed by atoms with Crippen LogP contribution in [0, 0.1) is 0 Å². The number of amides is 1. The summed E-state index contributed by atoms with van der Waals surface area (Å²) in [7, 11) is 0. The van der Waals surface area contributed by atoms with Gasteiger partial charge in [0.25, 0.3) is 5.91 Å². The van der Waals surface area contributed by atoms with Crippen molar-refractivity contribution in [1.29, 1.82) is 0 Å². The normalized spacial score (nSPS) is 10.1. The maximum absolute atomic E-state index is 12.2. The lowest BCUT2D eigenvalue weighted by molar-refractivity contribution is -0.684. The number of benzene rings is 2. The number of aromatic nitrogens is 1. The van der Waals surface area contributed by atoms with Gasteiger partial charge in [-0.05, 0) is 24.3 Å². The molecule has 0 aliphatic rings. The Hall–Kier alpha value is -3.14. The summed E-state index contributed by atoms with van der Waals surface area (Å²) in [5, 5.41) is 6.28. The zero-order chi connectivity index (χ0) is 15.9. The van der Waals surface area contributed by atoms with Crippen LogP contribution in [0.3, 0.4) is 0 Å². The Bertz CT molecular complexity index is 773. The highest BCUT2D eigenvalue weighted by molar-refractivity contribution is 5.94. The van der Waals surface area contributed by atoms with Crippen molar-refractivity contribution in [1.82, 2.24) is 0 Å². The molecular formula is C19H18N3O+. The van der Waals surface area contributed by atoms with Crippen LogP contribution in [0.5, 0.6) is 0 Å². The number of hydrogen-bond acceptors (Lipinski definition) is 2. The maximum atomic E-state index is 12.2. The van der Waals surface area contributed by atoms with Gasteiger partial charge in [0.05, 0.1) is 11.4 Å². The van der Waals surface area contributed by atoms with E-state index in [0.717, 1.165) is 17.1 Å². The first-order valence-electron chi connectivity index (χ1n) is 7.46. The highest BCUT2D eigenvalue weighted by Gasteiger charge is 2.11. The van der Waals surface area contributed by atoms with E-state index in [9.17, 15) is 4.79 Å². The van der Waals surface area contributed by atoms with Crippen LogP contribution in [0.15, 0.2) is 85.2 Å². The molecule has 23 heavy (non-hydrogen) atoms. The predicted octanol–water partition coefficient (Wildman–Crippen LogP) is 3.36. The molecule has 1 aromatic heterocycles. The molecule has 0 atom stereocenters. The lowest BCUT2D eigenvalue weighted by atomic mass is 10.2. The van der Waals surface area contributed by atoms with Gasteiger partial charge in [-0.25, -0.2) is 0 Å². The van der Waals surface area contributed by atoms with E-state index < -0.39 is 0 Å². The lowest BCUT2D eigenvalue weighted by Gasteiger charge is -2.12. The standard InChI is InChI=1S/C19H17N3O/c23-19(15-22-13-7-2-8-14-22)21-18-12-6-5-11-17(18)20-16-9-3-1-4-10-16/h1-14,20H,15H2/p+1. The average molecular weight is 304 g/mol. The number of anilines is 3. The van der Waals surface area contributed by atoms with Crippen molar-refractivity contribution >= 4 is 23.0 Å². The van der Waals surface area contributed by atoms with E-state index in [-0.39, 0.29) is 12.5 Å². The lowest BCUT2D eigenvalue weighted by Crippen LogP contribution is -2.39. The molecule has 0 radical (unpaired) electrons. The number of para-hydroxylation sites is 3. The van der Waals surface area contributed by atoms with Crippen molar-refractivity contribution < 1.29 is 9.36 Å². The molecule has 4 nitrogen and oxygen atoms in total. The monoisotopic (exact) mass is 304 g/mol. The number of carbonyl (C=O) groups is 1. The predicted molar refractivity (Wildman–Crippen MR) is 91.4 cm³/mol. The molecule has 1 amide bonds. The van der Waals surface area contributed by atoms with Gasteiger partial charge in [0.1, 0.15) is 0 Å². The highest BCUT2D eigenvalue weighted by atomic mass is 16.1. The maximum Gasteiger partial charge on any atom is 0.290 e. The molecule has 114 valence electrons. The number of hydrogen-bond donors (Lipinski definition) is 2. The van der Waals surface area contributed by atoms with Gasteiger partial charge in [0, 0.05) is 17.8 Å². The summed E-state index contributed by atoms with van der Waals surface area (Å²) in [6.07, 6.45) is 3.74. The fraction of sp³-hybridized carbons (Fsp3) is 0.0526. The first kappa shape index (κ1) is 14.8. The topological polar surface area (TPSA) is 45.0 Å². The quantitative estimate of drug-likeness (QED) is 0.710. The summed E-state index contributed by atoms with van der Waals surface area (Å²) >= 11 is 0. The Morgan fingerprint density at radius 1 is 0.783 bits per heavy atom. The number of rotatable bonds is 5. The number of carbonyl (C=O) groups excluding carboxylic acids is 1.